The summed E-state index contributed by atoms with van der Waals surface area (Å²) in [4.78, 5) is 0.0280. The number of aliphatic hydroxyl groups is 1. The maximum Gasteiger partial charge on any atom is 0.245 e. The first-order valence-electron chi connectivity index (χ1n) is 5.58. The Bertz CT molecular complexity index is 521. The number of nitrogen functional groups attached to an aromatic ring is 1. The van der Waals surface area contributed by atoms with E-state index in [1.54, 1.807) is 6.07 Å². The van der Waals surface area contributed by atoms with E-state index in [1.807, 2.05) is 0 Å². The molecule has 0 aromatic heterocycles. The molecule has 0 aliphatic heterocycles. The minimum Gasteiger partial charge on any atom is -0.398 e. The van der Waals surface area contributed by atoms with Crippen molar-refractivity contribution in [2.24, 2.45) is 0 Å². The minimum absolute atomic E-state index is 0.00119. The summed E-state index contributed by atoms with van der Waals surface area (Å²) in [6.45, 7) is 0.144. The molecule has 1 aromatic carbocycles. The Morgan fingerprint density at radius 3 is 2.63 bits per heavy atom. The smallest absolute Gasteiger partial charge is 0.245 e. The Morgan fingerprint density at radius 2 is 2.11 bits per heavy atom. The summed E-state index contributed by atoms with van der Waals surface area (Å²) in [6, 6.07) is 4.57. The summed E-state index contributed by atoms with van der Waals surface area (Å²) in [7, 11) is -2.25. The summed E-state index contributed by atoms with van der Waals surface area (Å²) in [6.07, 6.45) is 0. The number of hydrogen-bond donors (Lipinski definition) is 2. The molecule has 0 radical (unpaired) electrons. The highest BCUT2D eigenvalue weighted by Crippen LogP contribution is 2.25. The second kappa shape index (κ2) is 7.20. The first-order valence-corrected chi connectivity index (χ1v) is 7.81. The first kappa shape index (κ1) is 16.4. The molecule has 0 atom stereocenters. The van der Waals surface area contributed by atoms with Crippen molar-refractivity contribution < 1.29 is 18.3 Å². The van der Waals surface area contributed by atoms with E-state index >= 15 is 0 Å². The normalized spacial score (nSPS) is 12.0. The largest absolute Gasteiger partial charge is 0.398 e. The zero-order valence-corrected chi connectivity index (χ0v) is 12.9. The number of ether oxygens (including phenoxy) is 1. The molecule has 6 nitrogen and oxygen atoms in total. The van der Waals surface area contributed by atoms with Gasteiger partial charge in [-0.15, -0.1) is 0 Å². The molecule has 3 N–H and O–H groups in total. The molecular weight excluding hydrogens is 336 g/mol. The third-order valence-electron chi connectivity index (χ3n) is 2.48. The number of benzene rings is 1. The van der Waals surface area contributed by atoms with Gasteiger partial charge < -0.3 is 15.6 Å². The lowest BCUT2D eigenvalue weighted by Gasteiger charge is -2.21. The van der Waals surface area contributed by atoms with Crippen LogP contribution in [0.25, 0.3) is 0 Å². The maximum absolute atomic E-state index is 12.4. The van der Waals surface area contributed by atoms with Gasteiger partial charge in [0.2, 0.25) is 10.0 Å². The van der Waals surface area contributed by atoms with Crippen LogP contribution in [0.1, 0.15) is 0 Å². The van der Waals surface area contributed by atoms with Crippen LogP contribution < -0.4 is 5.73 Å². The lowest BCUT2D eigenvalue weighted by molar-refractivity contribution is 0.168. The van der Waals surface area contributed by atoms with E-state index in [1.165, 1.54) is 19.2 Å². The van der Waals surface area contributed by atoms with Crippen LogP contribution in [-0.4, -0.2) is 51.2 Å². The van der Waals surface area contributed by atoms with Crippen LogP contribution in [0.15, 0.2) is 27.6 Å². The summed E-state index contributed by atoms with van der Waals surface area (Å²) in [5, 5.41) is 8.97. The standard InChI is InChI=1S/C11H17BrN2O4S/c1-18-7-5-14(4-6-15)19(16,17)11-3-2-9(12)8-10(11)13/h2-3,8,15H,4-7,13H2,1H3. The van der Waals surface area contributed by atoms with Crippen molar-refractivity contribution in [2.75, 3.05) is 39.1 Å². The molecule has 1 aromatic rings. The highest BCUT2D eigenvalue weighted by atomic mass is 79.9. The van der Waals surface area contributed by atoms with Gasteiger partial charge in [0.25, 0.3) is 0 Å². The Balaban J connectivity index is 3.11. The number of nitrogens with zero attached hydrogens (tertiary/aromatic N) is 1. The maximum atomic E-state index is 12.4. The monoisotopic (exact) mass is 352 g/mol. The zero-order chi connectivity index (χ0) is 14.5. The van der Waals surface area contributed by atoms with Crippen LogP contribution >= 0.6 is 15.9 Å². The van der Waals surface area contributed by atoms with Gasteiger partial charge in [0.05, 0.1) is 18.9 Å². The molecule has 0 aliphatic carbocycles. The Hall–Kier alpha value is -0.670. The molecule has 0 aliphatic rings. The predicted molar refractivity (Wildman–Crippen MR) is 76.3 cm³/mol. The summed E-state index contributed by atoms with van der Waals surface area (Å²) in [5.74, 6) is 0. The molecule has 0 fully saturated rings. The van der Waals surface area contributed by atoms with E-state index in [2.05, 4.69) is 15.9 Å². The topological polar surface area (TPSA) is 92.9 Å². The number of hydrogen-bond acceptors (Lipinski definition) is 5. The summed E-state index contributed by atoms with van der Waals surface area (Å²) < 4.78 is 31.6. The molecule has 0 heterocycles. The van der Waals surface area contributed by atoms with E-state index in [-0.39, 0.29) is 36.9 Å². The van der Waals surface area contributed by atoms with Crippen molar-refractivity contribution in [2.45, 2.75) is 4.90 Å². The fourth-order valence-corrected chi connectivity index (χ4v) is 3.44. The second-order valence-corrected chi connectivity index (χ2v) is 6.62. The van der Waals surface area contributed by atoms with Gasteiger partial charge >= 0.3 is 0 Å². The van der Waals surface area contributed by atoms with Gasteiger partial charge in [0.15, 0.2) is 0 Å². The van der Waals surface area contributed by atoms with Crippen molar-refractivity contribution in [3.63, 3.8) is 0 Å². The van der Waals surface area contributed by atoms with Crippen LogP contribution in [-0.2, 0) is 14.8 Å². The molecular formula is C11H17BrN2O4S. The Morgan fingerprint density at radius 1 is 1.42 bits per heavy atom. The van der Waals surface area contributed by atoms with Crippen LogP contribution in [0.3, 0.4) is 0 Å². The van der Waals surface area contributed by atoms with Gasteiger partial charge in [0, 0.05) is 24.7 Å². The third kappa shape index (κ3) is 4.15. The molecule has 1 rings (SSSR count). The second-order valence-electron chi connectivity index (χ2n) is 3.80. The fraction of sp³-hybridized carbons (Fsp3) is 0.455. The van der Waals surface area contributed by atoms with E-state index in [0.29, 0.717) is 4.47 Å². The Labute approximate surface area is 121 Å². The number of sulfonamides is 1. The van der Waals surface area contributed by atoms with E-state index in [0.717, 1.165) is 4.31 Å². The van der Waals surface area contributed by atoms with Gasteiger partial charge in [-0.3, -0.25) is 0 Å². The third-order valence-corrected chi connectivity index (χ3v) is 4.95. The molecule has 0 saturated carbocycles. The van der Waals surface area contributed by atoms with Crippen molar-refractivity contribution in [1.29, 1.82) is 0 Å². The number of aliphatic hydroxyl groups excluding tert-OH is 1. The van der Waals surface area contributed by atoms with E-state index in [4.69, 9.17) is 15.6 Å². The van der Waals surface area contributed by atoms with E-state index < -0.39 is 10.0 Å². The summed E-state index contributed by atoms with van der Waals surface area (Å²) >= 11 is 3.22. The van der Waals surface area contributed by atoms with Gasteiger partial charge in [-0.1, -0.05) is 15.9 Å². The van der Waals surface area contributed by atoms with Crippen molar-refractivity contribution in [1.82, 2.24) is 4.31 Å². The lowest BCUT2D eigenvalue weighted by atomic mass is 10.3. The average molecular weight is 353 g/mol. The van der Waals surface area contributed by atoms with Crippen molar-refractivity contribution in [3.8, 4) is 0 Å². The van der Waals surface area contributed by atoms with E-state index in [9.17, 15) is 8.42 Å². The van der Waals surface area contributed by atoms with Crippen LogP contribution in [0, 0.1) is 0 Å². The number of nitrogens with two attached hydrogens (primary N) is 1. The predicted octanol–water partition coefficient (Wildman–Crippen LogP) is 0.661. The number of anilines is 1. The number of methoxy groups -OCH3 is 1. The highest BCUT2D eigenvalue weighted by Gasteiger charge is 2.25. The van der Waals surface area contributed by atoms with Gasteiger partial charge in [-0.25, -0.2) is 8.42 Å². The van der Waals surface area contributed by atoms with Gasteiger partial charge in [-0.05, 0) is 18.2 Å². The highest BCUT2D eigenvalue weighted by molar-refractivity contribution is 9.10. The molecule has 0 spiro atoms. The van der Waals surface area contributed by atoms with Crippen molar-refractivity contribution >= 4 is 31.6 Å². The van der Waals surface area contributed by atoms with Gasteiger partial charge in [-0.2, -0.15) is 4.31 Å². The van der Waals surface area contributed by atoms with Crippen LogP contribution in [0.2, 0.25) is 0 Å². The minimum atomic E-state index is -3.74. The van der Waals surface area contributed by atoms with Crippen molar-refractivity contribution in [3.05, 3.63) is 22.7 Å². The molecule has 8 heteroatoms. The average Bonchev–Trinajstić information content (AvgIpc) is 2.33. The molecule has 0 bridgehead atoms. The molecule has 108 valence electrons. The molecule has 19 heavy (non-hydrogen) atoms. The quantitative estimate of drug-likeness (QED) is 0.703. The number of rotatable bonds is 7. The van der Waals surface area contributed by atoms with Crippen LogP contribution in [0.5, 0.6) is 0 Å². The van der Waals surface area contributed by atoms with Crippen LogP contribution in [0.4, 0.5) is 5.69 Å². The lowest BCUT2D eigenvalue weighted by Crippen LogP contribution is -2.36. The molecule has 0 unspecified atom stereocenters. The Kier molecular flexibility index (Phi) is 6.21. The fourth-order valence-electron chi connectivity index (χ4n) is 1.55. The summed E-state index contributed by atoms with van der Waals surface area (Å²) in [5.41, 5.74) is 5.90. The van der Waals surface area contributed by atoms with Gasteiger partial charge in [0.1, 0.15) is 4.90 Å². The zero-order valence-electron chi connectivity index (χ0n) is 10.5. The molecule has 0 saturated heterocycles. The number of halogens is 1. The first-order chi connectivity index (χ1) is 8.93. The molecule has 0 amide bonds. The SMILES string of the molecule is COCCN(CCO)S(=O)(=O)c1ccc(Br)cc1N.